The number of hydrogen-bond acceptors (Lipinski definition) is 2. The average molecular weight is 280 g/mol. The highest BCUT2D eigenvalue weighted by molar-refractivity contribution is 9.10. The van der Waals surface area contributed by atoms with E-state index in [1.807, 2.05) is 24.3 Å². The molecule has 2 rings (SSSR count). The highest BCUT2D eigenvalue weighted by Crippen LogP contribution is 2.14. The van der Waals surface area contributed by atoms with Gasteiger partial charge in [0, 0.05) is 17.2 Å². The number of hydrogen-bond donors (Lipinski definition) is 1. The van der Waals surface area contributed by atoms with Gasteiger partial charge in [0.25, 0.3) is 5.91 Å². The highest BCUT2D eigenvalue weighted by Gasteiger charge is 2.09. The van der Waals surface area contributed by atoms with Crippen molar-refractivity contribution in [1.29, 1.82) is 0 Å². The number of carbonyl (C=O) groups excluding carboxylic acids is 1. The fourth-order valence-electron chi connectivity index (χ4n) is 1.30. The number of imidazole rings is 1. The molecule has 0 saturated heterocycles. The summed E-state index contributed by atoms with van der Waals surface area (Å²) in [6, 6.07) is 7.41. The zero-order valence-electron chi connectivity index (χ0n) is 8.64. The second kappa shape index (κ2) is 4.49. The van der Waals surface area contributed by atoms with Crippen molar-refractivity contribution in [1.82, 2.24) is 9.55 Å². The van der Waals surface area contributed by atoms with E-state index < -0.39 is 0 Å². The number of halogens is 1. The number of amides is 1. The largest absolute Gasteiger partial charge is 0.330 e. The molecule has 4 nitrogen and oxygen atoms in total. The maximum Gasteiger partial charge on any atom is 0.273 e. The molecule has 0 unspecified atom stereocenters. The summed E-state index contributed by atoms with van der Waals surface area (Å²) in [6.07, 6.45) is 3.13. The van der Waals surface area contributed by atoms with Gasteiger partial charge in [0.05, 0.1) is 12.5 Å². The Hall–Kier alpha value is -1.62. The van der Waals surface area contributed by atoms with Crippen molar-refractivity contribution in [2.75, 3.05) is 5.32 Å². The Morgan fingerprint density at radius 1 is 1.38 bits per heavy atom. The molecule has 0 aliphatic rings. The number of benzene rings is 1. The third kappa shape index (κ3) is 2.30. The van der Waals surface area contributed by atoms with Crippen LogP contribution in [0.5, 0.6) is 0 Å². The third-order valence-corrected chi connectivity index (χ3v) is 2.68. The Balaban J connectivity index is 2.14. The van der Waals surface area contributed by atoms with E-state index in [9.17, 15) is 4.79 Å². The van der Waals surface area contributed by atoms with Crippen molar-refractivity contribution in [3.63, 3.8) is 0 Å². The van der Waals surface area contributed by atoms with Crippen molar-refractivity contribution < 1.29 is 4.79 Å². The minimum atomic E-state index is -0.165. The van der Waals surface area contributed by atoms with Crippen molar-refractivity contribution in [2.45, 2.75) is 0 Å². The molecule has 1 heterocycles. The van der Waals surface area contributed by atoms with E-state index in [-0.39, 0.29) is 5.91 Å². The number of anilines is 1. The summed E-state index contributed by atoms with van der Waals surface area (Å²) in [6.45, 7) is 0. The summed E-state index contributed by atoms with van der Waals surface area (Å²) < 4.78 is 2.65. The van der Waals surface area contributed by atoms with Crippen LogP contribution in [-0.4, -0.2) is 15.5 Å². The van der Waals surface area contributed by atoms with Crippen LogP contribution in [0.2, 0.25) is 0 Å². The average Bonchev–Trinajstić information content (AvgIpc) is 2.68. The van der Waals surface area contributed by atoms with E-state index in [2.05, 4.69) is 26.2 Å². The van der Waals surface area contributed by atoms with Gasteiger partial charge in [-0.25, -0.2) is 4.98 Å². The first-order valence-electron chi connectivity index (χ1n) is 4.70. The number of aromatic nitrogens is 2. The molecule has 82 valence electrons. The molecule has 0 bridgehead atoms. The predicted octanol–water partition coefficient (Wildman–Crippen LogP) is 2.43. The van der Waals surface area contributed by atoms with Gasteiger partial charge in [-0.05, 0) is 24.3 Å². The molecule has 0 aliphatic carbocycles. The fraction of sp³-hybridized carbons (Fsp3) is 0.0909. The number of nitrogens with one attached hydrogen (secondary N) is 1. The number of rotatable bonds is 2. The Bertz CT molecular complexity index is 504. The summed E-state index contributed by atoms with van der Waals surface area (Å²) in [5, 5.41) is 2.79. The lowest BCUT2D eigenvalue weighted by molar-refractivity contribution is 0.101. The lowest BCUT2D eigenvalue weighted by Crippen LogP contribution is -2.15. The van der Waals surface area contributed by atoms with Crippen LogP contribution in [0.15, 0.2) is 41.3 Å². The Morgan fingerprint density at radius 2 is 2.06 bits per heavy atom. The van der Waals surface area contributed by atoms with E-state index in [0.717, 1.165) is 10.2 Å². The van der Waals surface area contributed by atoms with Gasteiger partial charge in [0.2, 0.25) is 0 Å². The van der Waals surface area contributed by atoms with Gasteiger partial charge in [-0.3, -0.25) is 4.79 Å². The predicted molar refractivity (Wildman–Crippen MR) is 65.3 cm³/mol. The Morgan fingerprint density at radius 3 is 2.62 bits per heavy atom. The Kier molecular flexibility index (Phi) is 3.05. The van der Waals surface area contributed by atoms with E-state index in [1.54, 1.807) is 17.9 Å². The number of nitrogens with zero attached hydrogens (tertiary/aromatic N) is 2. The first kappa shape index (κ1) is 10.9. The van der Waals surface area contributed by atoms with Crippen LogP contribution in [0, 0.1) is 0 Å². The van der Waals surface area contributed by atoms with Crippen LogP contribution in [-0.2, 0) is 7.05 Å². The molecule has 0 atom stereocenters. The molecule has 1 N–H and O–H groups in total. The molecule has 1 aromatic carbocycles. The lowest BCUT2D eigenvalue weighted by Gasteiger charge is -2.05. The van der Waals surface area contributed by atoms with E-state index in [4.69, 9.17) is 0 Å². The minimum absolute atomic E-state index is 0.165. The summed E-state index contributed by atoms with van der Waals surface area (Å²) in [5.41, 5.74) is 1.29. The van der Waals surface area contributed by atoms with Crippen LogP contribution in [0.4, 0.5) is 5.69 Å². The monoisotopic (exact) mass is 279 g/mol. The molecule has 1 aromatic heterocycles. The SMILES string of the molecule is Cn1cncc1C(=O)Nc1ccc(Br)cc1. The summed E-state index contributed by atoms with van der Waals surface area (Å²) >= 11 is 3.34. The van der Waals surface area contributed by atoms with Crippen LogP contribution >= 0.6 is 15.9 Å². The van der Waals surface area contributed by atoms with Gasteiger partial charge in [0.1, 0.15) is 5.69 Å². The molecule has 0 saturated carbocycles. The topological polar surface area (TPSA) is 46.9 Å². The maximum atomic E-state index is 11.8. The molecular formula is C11H10BrN3O. The second-order valence-electron chi connectivity index (χ2n) is 3.35. The molecule has 0 fully saturated rings. The highest BCUT2D eigenvalue weighted by atomic mass is 79.9. The molecular weight excluding hydrogens is 270 g/mol. The summed E-state index contributed by atoms with van der Waals surface area (Å²) in [5.74, 6) is -0.165. The molecule has 0 aliphatic heterocycles. The van der Waals surface area contributed by atoms with E-state index in [1.165, 1.54) is 6.20 Å². The molecule has 1 amide bonds. The van der Waals surface area contributed by atoms with Crippen molar-refractivity contribution in [3.05, 3.63) is 47.0 Å². The van der Waals surface area contributed by atoms with Crippen molar-refractivity contribution >= 4 is 27.5 Å². The fourth-order valence-corrected chi connectivity index (χ4v) is 1.57. The van der Waals surface area contributed by atoms with Crippen LogP contribution < -0.4 is 5.32 Å². The molecule has 16 heavy (non-hydrogen) atoms. The number of carbonyl (C=O) groups is 1. The van der Waals surface area contributed by atoms with Gasteiger partial charge in [-0.15, -0.1) is 0 Å². The third-order valence-electron chi connectivity index (χ3n) is 2.15. The quantitative estimate of drug-likeness (QED) is 0.918. The smallest absolute Gasteiger partial charge is 0.273 e. The van der Waals surface area contributed by atoms with Crippen LogP contribution in [0.25, 0.3) is 0 Å². The second-order valence-corrected chi connectivity index (χ2v) is 4.27. The zero-order valence-corrected chi connectivity index (χ0v) is 10.2. The van der Waals surface area contributed by atoms with Gasteiger partial charge in [-0.2, -0.15) is 0 Å². The summed E-state index contributed by atoms with van der Waals surface area (Å²) in [7, 11) is 1.78. The first-order valence-corrected chi connectivity index (χ1v) is 5.49. The molecule has 0 radical (unpaired) electrons. The van der Waals surface area contributed by atoms with E-state index in [0.29, 0.717) is 5.69 Å². The van der Waals surface area contributed by atoms with Gasteiger partial charge >= 0.3 is 0 Å². The first-order chi connectivity index (χ1) is 7.66. The molecule has 0 spiro atoms. The van der Waals surface area contributed by atoms with Gasteiger partial charge in [-0.1, -0.05) is 15.9 Å². The van der Waals surface area contributed by atoms with Crippen molar-refractivity contribution in [2.24, 2.45) is 7.05 Å². The Labute approximate surface area is 101 Å². The van der Waals surface area contributed by atoms with E-state index >= 15 is 0 Å². The molecule has 2 aromatic rings. The van der Waals surface area contributed by atoms with Crippen LogP contribution in [0.3, 0.4) is 0 Å². The maximum absolute atomic E-state index is 11.8. The lowest BCUT2D eigenvalue weighted by atomic mass is 10.3. The zero-order chi connectivity index (χ0) is 11.5. The van der Waals surface area contributed by atoms with Crippen molar-refractivity contribution in [3.8, 4) is 0 Å². The minimum Gasteiger partial charge on any atom is -0.330 e. The van der Waals surface area contributed by atoms with Gasteiger partial charge < -0.3 is 9.88 Å². The standard InChI is InChI=1S/C11H10BrN3O/c1-15-7-13-6-10(15)11(16)14-9-4-2-8(12)3-5-9/h2-7H,1H3,(H,14,16). The van der Waals surface area contributed by atoms with Gasteiger partial charge in [0.15, 0.2) is 0 Å². The summed E-state index contributed by atoms with van der Waals surface area (Å²) in [4.78, 5) is 15.7. The number of aryl methyl sites for hydroxylation is 1. The normalized spacial score (nSPS) is 10.1. The van der Waals surface area contributed by atoms with Crippen LogP contribution in [0.1, 0.15) is 10.5 Å². The molecule has 5 heteroatoms.